The molecule has 1 amide bonds. The molecule has 2 atom stereocenters. The van der Waals surface area contributed by atoms with E-state index in [1.807, 2.05) is 24.3 Å². The molecule has 2 aliphatic heterocycles. The van der Waals surface area contributed by atoms with Crippen molar-refractivity contribution in [1.82, 2.24) is 19.4 Å². The van der Waals surface area contributed by atoms with Crippen LogP contribution in [0, 0.1) is 5.92 Å². The molecule has 2 aliphatic rings. The molecule has 0 bridgehead atoms. The lowest BCUT2D eigenvalue weighted by Crippen LogP contribution is -2.49. The molecular formula is C17H28N4O2. The van der Waals surface area contributed by atoms with E-state index in [4.69, 9.17) is 4.74 Å². The molecule has 0 N–H and O–H groups in total. The number of ether oxygens (including phenoxy) is 1. The predicted molar refractivity (Wildman–Crippen MR) is 87.9 cm³/mol. The molecule has 2 saturated heterocycles. The summed E-state index contributed by atoms with van der Waals surface area (Å²) in [5, 5.41) is 0. The normalized spacial score (nSPS) is 26.4. The molecule has 0 aliphatic carbocycles. The smallest absolute Gasteiger partial charge is 0.222 e. The molecule has 3 heterocycles. The van der Waals surface area contributed by atoms with Crippen LogP contribution in [0.3, 0.4) is 0 Å². The van der Waals surface area contributed by atoms with Crippen LogP contribution in [0.1, 0.15) is 37.5 Å². The average Bonchev–Trinajstić information content (AvgIpc) is 3.00. The van der Waals surface area contributed by atoms with Crippen LogP contribution >= 0.6 is 0 Å². The van der Waals surface area contributed by atoms with Gasteiger partial charge in [-0.15, -0.1) is 0 Å². The molecule has 2 fully saturated rings. The second-order valence-corrected chi connectivity index (χ2v) is 6.85. The Morgan fingerprint density at radius 1 is 1.39 bits per heavy atom. The Kier molecular flexibility index (Phi) is 5.33. The van der Waals surface area contributed by atoms with Gasteiger partial charge in [-0.25, -0.2) is 4.98 Å². The first-order chi connectivity index (χ1) is 11.1. The molecule has 1 aromatic rings. The van der Waals surface area contributed by atoms with Gasteiger partial charge in [0.15, 0.2) is 0 Å². The predicted octanol–water partition coefficient (Wildman–Crippen LogP) is 1.44. The van der Waals surface area contributed by atoms with Gasteiger partial charge in [0.1, 0.15) is 5.82 Å². The molecule has 6 nitrogen and oxygen atoms in total. The second-order valence-electron chi connectivity index (χ2n) is 6.85. The van der Waals surface area contributed by atoms with Gasteiger partial charge in [-0.3, -0.25) is 9.69 Å². The number of carbonyl (C=O) groups is 1. The Hall–Kier alpha value is -1.40. The van der Waals surface area contributed by atoms with Crippen LogP contribution < -0.4 is 0 Å². The van der Waals surface area contributed by atoms with Gasteiger partial charge in [0.05, 0.1) is 6.04 Å². The zero-order valence-corrected chi connectivity index (χ0v) is 14.3. The van der Waals surface area contributed by atoms with Crippen molar-refractivity contribution in [3.8, 4) is 0 Å². The minimum absolute atomic E-state index is 0.186. The summed E-state index contributed by atoms with van der Waals surface area (Å²) in [6.07, 6.45) is 7.73. The van der Waals surface area contributed by atoms with Crippen molar-refractivity contribution in [2.45, 2.75) is 31.7 Å². The number of piperazine rings is 1. The Morgan fingerprint density at radius 2 is 2.26 bits per heavy atom. The van der Waals surface area contributed by atoms with E-state index >= 15 is 0 Å². The number of rotatable bonds is 4. The van der Waals surface area contributed by atoms with Crippen molar-refractivity contribution in [2.24, 2.45) is 13.0 Å². The maximum atomic E-state index is 12.6. The van der Waals surface area contributed by atoms with Gasteiger partial charge < -0.3 is 14.2 Å². The molecule has 6 heteroatoms. The van der Waals surface area contributed by atoms with E-state index in [0.717, 1.165) is 51.5 Å². The Balaban J connectivity index is 1.55. The van der Waals surface area contributed by atoms with Crippen molar-refractivity contribution in [2.75, 3.05) is 39.9 Å². The molecular weight excluding hydrogens is 292 g/mol. The fourth-order valence-corrected chi connectivity index (χ4v) is 3.60. The number of hydrogen-bond acceptors (Lipinski definition) is 4. The molecule has 128 valence electrons. The molecule has 0 radical (unpaired) electrons. The third-order valence-electron chi connectivity index (χ3n) is 5.18. The maximum absolute atomic E-state index is 12.6. The fraction of sp³-hybridized carbons (Fsp3) is 0.765. The second kappa shape index (κ2) is 7.45. The summed E-state index contributed by atoms with van der Waals surface area (Å²) in [6.45, 7) is 4.16. The highest BCUT2D eigenvalue weighted by Crippen LogP contribution is 2.24. The zero-order chi connectivity index (χ0) is 16.2. The fourth-order valence-electron chi connectivity index (χ4n) is 3.60. The number of likely N-dealkylation sites (N-methyl/N-ethyl adjacent to an activating group) is 1. The summed E-state index contributed by atoms with van der Waals surface area (Å²) >= 11 is 0. The molecule has 0 saturated carbocycles. The van der Waals surface area contributed by atoms with Gasteiger partial charge in [0.25, 0.3) is 0 Å². The number of imidazole rings is 1. The van der Waals surface area contributed by atoms with Crippen LogP contribution in [0.4, 0.5) is 0 Å². The van der Waals surface area contributed by atoms with E-state index in [9.17, 15) is 4.79 Å². The Morgan fingerprint density at radius 3 is 2.96 bits per heavy atom. The highest BCUT2D eigenvalue weighted by molar-refractivity contribution is 5.76. The molecule has 0 aromatic carbocycles. The van der Waals surface area contributed by atoms with Crippen molar-refractivity contribution < 1.29 is 9.53 Å². The summed E-state index contributed by atoms with van der Waals surface area (Å²) in [5.41, 5.74) is 0. The van der Waals surface area contributed by atoms with Crippen LogP contribution in [0.2, 0.25) is 0 Å². The third kappa shape index (κ3) is 3.93. The van der Waals surface area contributed by atoms with Crippen LogP contribution in [-0.4, -0.2) is 65.2 Å². The summed E-state index contributed by atoms with van der Waals surface area (Å²) in [7, 11) is 4.13. The first-order valence-corrected chi connectivity index (χ1v) is 8.68. The standard InChI is InChI=1S/C17H28N4O2/c1-19-9-10-21(12-15(19)17-18-7-8-20(17)2)16(22)6-5-14-4-3-11-23-13-14/h7-8,14-15H,3-6,9-13H2,1-2H3/t14-,15-/m0/s1. The quantitative estimate of drug-likeness (QED) is 0.842. The topological polar surface area (TPSA) is 50.6 Å². The van der Waals surface area contributed by atoms with Crippen molar-refractivity contribution in [3.05, 3.63) is 18.2 Å². The molecule has 0 unspecified atom stereocenters. The van der Waals surface area contributed by atoms with Crippen LogP contribution in [-0.2, 0) is 16.6 Å². The maximum Gasteiger partial charge on any atom is 0.222 e. The monoisotopic (exact) mass is 320 g/mol. The summed E-state index contributed by atoms with van der Waals surface area (Å²) in [6, 6.07) is 0.186. The third-order valence-corrected chi connectivity index (χ3v) is 5.18. The highest BCUT2D eigenvalue weighted by atomic mass is 16.5. The van der Waals surface area contributed by atoms with E-state index < -0.39 is 0 Å². The molecule has 3 rings (SSSR count). The van der Waals surface area contributed by atoms with E-state index in [1.54, 1.807) is 0 Å². The van der Waals surface area contributed by atoms with E-state index in [-0.39, 0.29) is 11.9 Å². The first-order valence-electron chi connectivity index (χ1n) is 8.68. The minimum atomic E-state index is 0.186. The van der Waals surface area contributed by atoms with Crippen molar-refractivity contribution >= 4 is 5.91 Å². The number of hydrogen-bond donors (Lipinski definition) is 0. The minimum Gasteiger partial charge on any atom is -0.381 e. The SMILES string of the molecule is CN1CCN(C(=O)CC[C@@H]2CCCOC2)C[C@H]1c1nccn1C. The molecule has 1 aromatic heterocycles. The lowest BCUT2D eigenvalue weighted by Gasteiger charge is -2.39. The molecule has 23 heavy (non-hydrogen) atoms. The Labute approximate surface area is 138 Å². The van der Waals surface area contributed by atoms with Gasteiger partial charge in [0.2, 0.25) is 5.91 Å². The number of aryl methyl sites for hydroxylation is 1. The van der Waals surface area contributed by atoms with Gasteiger partial charge in [-0.1, -0.05) is 0 Å². The highest BCUT2D eigenvalue weighted by Gasteiger charge is 2.30. The van der Waals surface area contributed by atoms with Crippen molar-refractivity contribution in [1.29, 1.82) is 0 Å². The van der Waals surface area contributed by atoms with Gasteiger partial charge >= 0.3 is 0 Å². The van der Waals surface area contributed by atoms with Crippen LogP contribution in [0.25, 0.3) is 0 Å². The van der Waals surface area contributed by atoms with E-state index in [1.165, 1.54) is 6.42 Å². The van der Waals surface area contributed by atoms with E-state index in [2.05, 4.69) is 21.5 Å². The van der Waals surface area contributed by atoms with Crippen LogP contribution in [0.15, 0.2) is 12.4 Å². The summed E-state index contributed by atoms with van der Waals surface area (Å²) in [4.78, 5) is 21.4. The van der Waals surface area contributed by atoms with Crippen molar-refractivity contribution in [3.63, 3.8) is 0 Å². The average molecular weight is 320 g/mol. The van der Waals surface area contributed by atoms with Crippen LogP contribution in [0.5, 0.6) is 0 Å². The summed E-state index contributed by atoms with van der Waals surface area (Å²) in [5.74, 6) is 1.87. The van der Waals surface area contributed by atoms with Gasteiger partial charge in [0, 0.05) is 58.7 Å². The largest absolute Gasteiger partial charge is 0.381 e. The van der Waals surface area contributed by atoms with Gasteiger partial charge in [-0.2, -0.15) is 0 Å². The van der Waals surface area contributed by atoms with E-state index in [0.29, 0.717) is 12.3 Å². The van der Waals surface area contributed by atoms with Gasteiger partial charge in [-0.05, 0) is 32.2 Å². The lowest BCUT2D eigenvalue weighted by molar-refractivity contribution is -0.134. The first kappa shape index (κ1) is 16.5. The Bertz CT molecular complexity index is 524. The number of carbonyl (C=O) groups excluding carboxylic acids is 1. The number of nitrogens with zero attached hydrogens (tertiary/aromatic N) is 4. The molecule has 0 spiro atoms. The summed E-state index contributed by atoms with van der Waals surface area (Å²) < 4.78 is 7.56. The number of aromatic nitrogens is 2. The zero-order valence-electron chi connectivity index (χ0n) is 14.3. The number of amides is 1. The lowest BCUT2D eigenvalue weighted by atomic mass is 9.96.